The summed E-state index contributed by atoms with van der Waals surface area (Å²) >= 11 is 0. The van der Waals surface area contributed by atoms with E-state index in [1.165, 1.54) is 0 Å². The van der Waals surface area contributed by atoms with Crippen molar-refractivity contribution in [1.82, 2.24) is 0 Å². The summed E-state index contributed by atoms with van der Waals surface area (Å²) < 4.78 is 5.73. The molecule has 1 fully saturated rings. The summed E-state index contributed by atoms with van der Waals surface area (Å²) in [5.41, 5.74) is -0.0862. The minimum atomic E-state index is -0.163. The first kappa shape index (κ1) is 9.01. The zero-order valence-corrected chi connectivity index (χ0v) is 7.63. The summed E-state index contributed by atoms with van der Waals surface area (Å²) in [6, 6.07) is 0. The van der Waals surface area contributed by atoms with Crippen LogP contribution in [0.5, 0.6) is 0 Å². The molecule has 0 aromatic carbocycles. The van der Waals surface area contributed by atoms with Crippen molar-refractivity contribution < 1.29 is 9.84 Å². The zero-order valence-electron chi connectivity index (χ0n) is 7.63. The molecule has 2 nitrogen and oxygen atoms in total. The molecule has 0 radical (unpaired) electrons. The van der Waals surface area contributed by atoms with Crippen LogP contribution in [0.25, 0.3) is 0 Å². The molecule has 66 valence electrons. The molecule has 2 heteroatoms. The van der Waals surface area contributed by atoms with E-state index in [9.17, 15) is 5.11 Å². The van der Waals surface area contributed by atoms with Gasteiger partial charge in [0.05, 0.1) is 17.8 Å². The van der Waals surface area contributed by atoms with E-state index in [1.807, 2.05) is 6.92 Å². The normalized spacial score (nSPS) is 45.8. The van der Waals surface area contributed by atoms with Gasteiger partial charge in [-0.25, -0.2) is 0 Å². The molecule has 0 amide bonds. The number of aliphatic hydroxyl groups is 1. The topological polar surface area (TPSA) is 29.5 Å². The van der Waals surface area contributed by atoms with Gasteiger partial charge < -0.3 is 9.84 Å². The molecule has 0 spiro atoms. The van der Waals surface area contributed by atoms with Crippen molar-refractivity contribution in [1.29, 1.82) is 0 Å². The molecule has 1 heterocycles. The van der Waals surface area contributed by atoms with Gasteiger partial charge in [0, 0.05) is 6.42 Å². The Morgan fingerprint density at radius 3 is 2.73 bits per heavy atom. The van der Waals surface area contributed by atoms with Crippen LogP contribution in [-0.2, 0) is 4.74 Å². The Morgan fingerprint density at radius 1 is 1.64 bits per heavy atom. The molecule has 3 unspecified atom stereocenters. The number of hydrogen-bond acceptors (Lipinski definition) is 2. The smallest absolute Gasteiger partial charge is 0.0680 e. The predicted molar refractivity (Wildman–Crippen MR) is 44.5 cm³/mol. The molecule has 0 aromatic heterocycles. The molecule has 1 aliphatic rings. The summed E-state index contributed by atoms with van der Waals surface area (Å²) in [4.78, 5) is 0. The number of rotatable bonds is 1. The van der Waals surface area contributed by atoms with E-state index in [1.54, 1.807) is 0 Å². The minimum absolute atomic E-state index is 0.0862. The van der Waals surface area contributed by atoms with Gasteiger partial charge in [-0.2, -0.15) is 0 Å². The molecule has 1 aliphatic heterocycles. The highest BCUT2D eigenvalue weighted by Crippen LogP contribution is 2.30. The molecular formula is C9H18O2. The fourth-order valence-electron chi connectivity index (χ4n) is 1.77. The van der Waals surface area contributed by atoms with Crippen molar-refractivity contribution in [3.8, 4) is 0 Å². The van der Waals surface area contributed by atoms with Gasteiger partial charge >= 0.3 is 0 Å². The maximum Gasteiger partial charge on any atom is 0.0680 e. The molecular weight excluding hydrogens is 140 g/mol. The predicted octanol–water partition coefficient (Wildman–Crippen LogP) is 1.71. The summed E-state index contributed by atoms with van der Waals surface area (Å²) in [6.07, 6.45) is 2.60. The quantitative estimate of drug-likeness (QED) is 0.629. The number of ether oxygens (including phenoxy) is 1. The maximum absolute atomic E-state index is 9.47. The molecule has 0 saturated carbocycles. The third kappa shape index (κ3) is 2.17. The monoisotopic (exact) mass is 158 g/mol. The minimum Gasteiger partial charge on any atom is -0.393 e. The van der Waals surface area contributed by atoms with Gasteiger partial charge in [0.25, 0.3) is 0 Å². The first-order valence-electron chi connectivity index (χ1n) is 4.41. The van der Waals surface area contributed by atoms with Gasteiger partial charge in [0.1, 0.15) is 0 Å². The van der Waals surface area contributed by atoms with Crippen molar-refractivity contribution in [3.63, 3.8) is 0 Å². The van der Waals surface area contributed by atoms with Crippen LogP contribution < -0.4 is 0 Å². The van der Waals surface area contributed by atoms with Crippen LogP contribution in [0.4, 0.5) is 0 Å². The van der Waals surface area contributed by atoms with Crippen LogP contribution in [0.2, 0.25) is 0 Å². The lowest BCUT2D eigenvalue weighted by atomic mass is 9.89. The molecule has 11 heavy (non-hydrogen) atoms. The van der Waals surface area contributed by atoms with Crippen LogP contribution in [0.15, 0.2) is 0 Å². The van der Waals surface area contributed by atoms with E-state index in [-0.39, 0.29) is 17.8 Å². The van der Waals surface area contributed by atoms with Crippen molar-refractivity contribution >= 4 is 0 Å². The average Bonchev–Trinajstić information content (AvgIpc) is 1.84. The van der Waals surface area contributed by atoms with Gasteiger partial charge in [-0.05, 0) is 26.7 Å². The Hall–Kier alpha value is -0.0800. The van der Waals surface area contributed by atoms with Crippen LogP contribution in [0.1, 0.15) is 40.0 Å². The van der Waals surface area contributed by atoms with Crippen LogP contribution >= 0.6 is 0 Å². The Balaban J connectivity index is 2.55. The van der Waals surface area contributed by atoms with Crippen molar-refractivity contribution in [2.45, 2.75) is 57.8 Å². The average molecular weight is 158 g/mol. The van der Waals surface area contributed by atoms with Crippen molar-refractivity contribution in [2.24, 2.45) is 0 Å². The van der Waals surface area contributed by atoms with Gasteiger partial charge in [-0.1, -0.05) is 6.92 Å². The lowest BCUT2D eigenvalue weighted by molar-refractivity contribution is -0.147. The third-order valence-electron chi connectivity index (χ3n) is 2.51. The number of hydrogen-bond donors (Lipinski definition) is 1. The van der Waals surface area contributed by atoms with E-state index < -0.39 is 0 Å². The van der Waals surface area contributed by atoms with Gasteiger partial charge in [0.15, 0.2) is 0 Å². The van der Waals surface area contributed by atoms with E-state index >= 15 is 0 Å². The molecule has 3 atom stereocenters. The fraction of sp³-hybridized carbons (Fsp3) is 1.00. The second-order valence-electron chi connectivity index (χ2n) is 3.83. The summed E-state index contributed by atoms with van der Waals surface area (Å²) in [5.74, 6) is 0. The largest absolute Gasteiger partial charge is 0.393 e. The summed E-state index contributed by atoms with van der Waals surface area (Å²) in [6.45, 7) is 6.20. The number of aliphatic hydroxyl groups excluding tert-OH is 1. The second kappa shape index (κ2) is 3.11. The zero-order chi connectivity index (χ0) is 8.48. The Bertz CT molecular complexity index is 124. The standard InChI is InChI=1S/C9H18O2/c1-4-9(3)6-8(10)5-7(2)11-9/h7-8,10H,4-6H2,1-3H3. The summed E-state index contributed by atoms with van der Waals surface area (Å²) in [5, 5.41) is 9.47. The van der Waals surface area contributed by atoms with E-state index in [0.29, 0.717) is 0 Å². The highest BCUT2D eigenvalue weighted by molar-refractivity contribution is 4.84. The lowest BCUT2D eigenvalue weighted by Gasteiger charge is -2.39. The lowest BCUT2D eigenvalue weighted by Crippen LogP contribution is -2.42. The van der Waals surface area contributed by atoms with Gasteiger partial charge in [0.2, 0.25) is 0 Å². The summed E-state index contributed by atoms with van der Waals surface area (Å²) in [7, 11) is 0. The first-order chi connectivity index (χ1) is 5.06. The Labute approximate surface area is 68.6 Å². The molecule has 1 rings (SSSR count). The van der Waals surface area contributed by atoms with Crippen molar-refractivity contribution in [2.75, 3.05) is 0 Å². The second-order valence-corrected chi connectivity index (χ2v) is 3.83. The third-order valence-corrected chi connectivity index (χ3v) is 2.51. The molecule has 0 aromatic rings. The fourth-order valence-corrected chi connectivity index (χ4v) is 1.77. The van der Waals surface area contributed by atoms with E-state index in [0.717, 1.165) is 19.3 Å². The Morgan fingerprint density at radius 2 is 2.27 bits per heavy atom. The molecule has 1 N–H and O–H groups in total. The van der Waals surface area contributed by atoms with Crippen molar-refractivity contribution in [3.05, 3.63) is 0 Å². The van der Waals surface area contributed by atoms with Gasteiger partial charge in [-0.3, -0.25) is 0 Å². The Kier molecular flexibility index (Phi) is 2.55. The van der Waals surface area contributed by atoms with Crippen LogP contribution in [0, 0.1) is 0 Å². The first-order valence-corrected chi connectivity index (χ1v) is 4.41. The van der Waals surface area contributed by atoms with Gasteiger partial charge in [-0.15, -0.1) is 0 Å². The highest BCUT2D eigenvalue weighted by atomic mass is 16.5. The van der Waals surface area contributed by atoms with E-state index in [4.69, 9.17) is 4.74 Å². The molecule has 0 bridgehead atoms. The SMILES string of the molecule is CCC1(C)CC(O)CC(C)O1. The van der Waals surface area contributed by atoms with Crippen LogP contribution in [-0.4, -0.2) is 22.9 Å². The molecule has 1 saturated heterocycles. The highest BCUT2D eigenvalue weighted by Gasteiger charge is 2.33. The van der Waals surface area contributed by atoms with Crippen LogP contribution in [0.3, 0.4) is 0 Å². The molecule has 0 aliphatic carbocycles. The maximum atomic E-state index is 9.47. The van der Waals surface area contributed by atoms with E-state index in [2.05, 4.69) is 13.8 Å².